The number of alkyl carbamates (subject to hydrolysis) is 1. The number of aromatic nitrogens is 1. The van der Waals surface area contributed by atoms with Crippen molar-refractivity contribution in [2.45, 2.75) is 84.5 Å². The fraction of sp³-hybridized carbons (Fsp3) is 0.486. The quantitative estimate of drug-likeness (QED) is 0.158. The first-order chi connectivity index (χ1) is 21.8. The van der Waals surface area contributed by atoms with Crippen molar-refractivity contribution in [3.8, 4) is 0 Å². The summed E-state index contributed by atoms with van der Waals surface area (Å²) in [6.07, 6.45) is 5.51. The molecular formula is C35H48N6O4. The molecule has 10 heteroatoms. The van der Waals surface area contributed by atoms with E-state index >= 15 is 0 Å². The van der Waals surface area contributed by atoms with Gasteiger partial charge in [0.1, 0.15) is 24.3 Å². The lowest BCUT2D eigenvalue weighted by Crippen LogP contribution is -2.45. The van der Waals surface area contributed by atoms with Crippen molar-refractivity contribution in [1.82, 2.24) is 20.5 Å². The molecule has 0 aliphatic carbocycles. The molecule has 2 aromatic rings. The van der Waals surface area contributed by atoms with Crippen molar-refractivity contribution in [3.05, 3.63) is 83.3 Å². The number of benzene rings is 1. The van der Waals surface area contributed by atoms with Crippen molar-refractivity contribution in [3.63, 3.8) is 0 Å². The largest absolute Gasteiger partial charge is 0.461 e. The molecule has 10 nitrogen and oxygen atoms in total. The Morgan fingerprint density at radius 1 is 1.18 bits per heavy atom. The fourth-order valence-electron chi connectivity index (χ4n) is 5.78. The third-order valence-corrected chi connectivity index (χ3v) is 8.19. The summed E-state index contributed by atoms with van der Waals surface area (Å²) in [5.74, 6) is 1.51. The first-order valence-electron chi connectivity index (χ1n) is 16.1. The number of carbonyl (C=O) groups is 2. The van der Waals surface area contributed by atoms with Gasteiger partial charge in [0, 0.05) is 42.5 Å². The molecule has 0 spiro atoms. The van der Waals surface area contributed by atoms with E-state index in [1.54, 1.807) is 20.0 Å². The number of carbonyl (C=O) groups excluding carboxylic acids is 2. The van der Waals surface area contributed by atoms with Crippen molar-refractivity contribution in [1.29, 1.82) is 0 Å². The van der Waals surface area contributed by atoms with Crippen LogP contribution in [0.25, 0.3) is 0 Å². The molecule has 1 atom stereocenters. The number of allylic oxidation sites excluding steroid dienone is 1. The third kappa shape index (κ3) is 9.57. The van der Waals surface area contributed by atoms with Gasteiger partial charge in [-0.15, -0.1) is 0 Å². The minimum absolute atomic E-state index is 0.0287. The summed E-state index contributed by atoms with van der Waals surface area (Å²) >= 11 is 0. The predicted molar refractivity (Wildman–Crippen MR) is 178 cm³/mol. The monoisotopic (exact) mass is 616 g/mol. The third-order valence-electron chi connectivity index (χ3n) is 8.19. The topological polar surface area (TPSA) is 117 Å². The Labute approximate surface area is 267 Å². The number of fused-ring (bicyclic) bond motifs is 1. The standard InChI is InChI=1S/C35H48N6O4/c1-6-29(25(5)41-20-17-27(18-21-41)30-16-15-28-14-11-19-37-32(28)39-30)33(36-7-2)38-22-31(34(42)45-24(3)4)40-35(43)44-23-26-12-9-8-10-13-26/h7-10,12-13,15-16,24,27,31H,2,6,11,14,17-23H2,1,3-5H3,(H,36,38)(H,37,39)(H,40,43)/b29-25+. The van der Waals surface area contributed by atoms with E-state index in [9.17, 15) is 9.59 Å². The highest BCUT2D eigenvalue weighted by molar-refractivity contribution is 5.99. The van der Waals surface area contributed by atoms with Crippen LogP contribution in [-0.4, -0.2) is 66.1 Å². The molecule has 1 aromatic carbocycles. The number of aryl methyl sites for hydroxylation is 1. The van der Waals surface area contributed by atoms with Gasteiger partial charge < -0.3 is 30.3 Å². The van der Waals surface area contributed by atoms with Crippen LogP contribution in [0.5, 0.6) is 0 Å². The summed E-state index contributed by atoms with van der Waals surface area (Å²) in [6.45, 7) is 14.4. The van der Waals surface area contributed by atoms with Crippen molar-refractivity contribution in [2.75, 3.05) is 31.5 Å². The van der Waals surface area contributed by atoms with Gasteiger partial charge in [0.05, 0.1) is 12.6 Å². The van der Waals surface area contributed by atoms with Crippen molar-refractivity contribution >= 4 is 23.7 Å². The maximum atomic E-state index is 12.9. The average Bonchev–Trinajstić information content (AvgIpc) is 3.05. The number of ether oxygens (including phenoxy) is 2. The lowest BCUT2D eigenvalue weighted by atomic mass is 9.91. The molecule has 1 saturated heterocycles. The van der Waals surface area contributed by atoms with Gasteiger partial charge in [-0.25, -0.2) is 14.6 Å². The average molecular weight is 617 g/mol. The molecule has 3 N–H and O–H groups in total. The van der Waals surface area contributed by atoms with E-state index in [-0.39, 0.29) is 19.3 Å². The minimum Gasteiger partial charge on any atom is -0.461 e. The molecule has 3 heterocycles. The molecule has 45 heavy (non-hydrogen) atoms. The number of nitrogens with zero attached hydrogens (tertiary/aromatic N) is 3. The molecule has 242 valence electrons. The maximum Gasteiger partial charge on any atom is 0.408 e. The molecule has 2 aliphatic rings. The zero-order valence-corrected chi connectivity index (χ0v) is 27.1. The molecule has 1 aromatic heterocycles. The van der Waals surface area contributed by atoms with Crippen LogP contribution in [0, 0.1) is 0 Å². The van der Waals surface area contributed by atoms with Gasteiger partial charge in [-0.05, 0) is 76.3 Å². The van der Waals surface area contributed by atoms with Crippen LogP contribution < -0.4 is 16.0 Å². The van der Waals surface area contributed by atoms with E-state index in [0.29, 0.717) is 11.8 Å². The molecular weight excluding hydrogens is 568 g/mol. The number of aliphatic imine (C=N–C) groups is 1. The van der Waals surface area contributed by atoms with E-state index in [2.05, 4.69) is 53.4 Å². The number of anilines is 1. The number of nitrogens with one attached hydrogen (secondary N) is 3. The molecule has 1 fully saturated rings. The van der Waals surface area contributed by atoms with Gasteiger partial charge in [-0.3, -0.25) is 4.99 Å². The Balaban J connectivity index is 1.44. The second-order valence-corrected chi connectivity index (χ2v) is 11.7. The van der Waals surface area contributed by atoms with Gasteiger partial charge in [0.2, 0.25) is 0 Å². The molecule has 4 rings (SSSR count). The molecule has 0 saturated carbocycles. The van der Waals surface area contributed by atoms with Crippen molar-refractivity contribution in [2.24, 2.45) is 4.99 Å². The number of hydrogen-bond donors (Lipinski definition) is 3. The van der Waals surface area contributed by atoms with E-state index in [4.69, 9.17) is 19.5 Å². The van der Waals surface area contributed by atoms with Crippen LogP contribution in [0.15, 0.2) is 71.5 Å². The molecule has 2 aliphatic heterocycles. The molecule has 1 amide bonds. The van der Waals surface area contributed by atoms with E-state index in [0.717, 1.165) is 74.4 Å². The number of amides is 1. The number of esters is 1. The Kier molecular flexibility index (Phi) is 12.4. The molecule has 0 bridgehead atoms. The smallest absolute Gasteiger partial charge is 0.408 e. The minimum atomic E-state index is -1.02. The summed E-state index contributed by atoms with van der Waals surface area (Å²) in [4.78, 5) is 37.7. The zero-order valence-electron chi connectivity index (χ0n) is 27.1. The van der Waals surface area contributed by atoms with Gasteiger partial charge in [-0.1, -0.05) is 49.9 Å². The van der Waals surface area contributed by atoms with Crippen LogP contribution in [0.3, 0.4) is 0 Å². The van der Waals surface area contributed by atoms with E-state index in [1.165, 1.54) is 11.3 Å². The Bertz CT molecular complexity index is 1370. The van der Waals surface area contributed by atoms with Gasteiger partial charge in [0.15, 0.2) is 0 Å². The summed E-state index contributed by atoms with van der Waals surface area (Å²) in [6, 6.07) is 12.8. The van der Waals surface area contributed by atoms with Crippen LogP contribution in [0.1, 0.15) is 76.1 Å². The lowest BCUT2D eigenvalue weighted by Gasteiger charge is -2.35. The molecule has 0 radical (unpaired) electrons. The highest BCUT2D eigenvalue weighted by Gasteiger charge is 2.27. The second kappa shape index (κ2) is 16.7. The highest BCUT2D eigenvalue weighted by Crippen LogP contribution is 2.31. The number of amidine groups is 1. The Hall–Kier alpha value is -4.34. The number of piperidine rings is 1. The Morgan fingerprint density at radius 2 is 1.93 bits per heavy atom. The number of rotatable bonds is 12. The van der Waals surface area contributed by atoms with Gasteiger partial charge >= 0.3 is 12.1 Å². The lowest BCUT2D eigenvalue weighted by molar-refractivity contribution is -0.149. The maximum absolute atomic E-state index is 12.9. The summed E-state index contributed by atoms with van der Waals surface area (Å²) in [7, 11) is 0. The summed E-state index contributed by atoms with van der Waals surface area (Å²) < 4.78 is 10.8. The van der Waals surface area contributed by atoms with Crippen LogP contribution >= 0.6 is 0 Å². The first kappa shape index (κ1) is 33.6. The van der Waals surface area contributed by atoms with E-state index < -0.39 is 18.1 Å². The normalized spacial score (nSPS) is 16.6. The van der Waals surface area contributed by atoms with Crippen LogP contribution in [-0.2, 0) is 27.3 Å². The summed E-state index contributed by atoms with van der Waals surface area (Å²) in [5.41, 5.74) is 5.48. The summed E-state index contributed by atoms with van der Waals surface area (Å²) in [5, 5.41) is 9.27. The van der Waals surface area contributed by atoms with E-state index in [1.807, 2.05) is 30.3 Å². The zero-order chi connectivity index (χ0) is 32.2. The fourth-order valence-corrected chi connectivity index (χ4v) is 5.78. The van der Waals surface area contributed by atoms with Gasteiger partial charge in [-0.2, -0.15) is 0 Å². The second-order valence-electron chi connectivity index (χ2n) is 11.7. The van der Waals surface area contributed by atoms with Gasteiger partial charge in [0.25, 0.3) is 0 Å². The predicted octanol–water partition coefficient (Wildman–Crippen LogP) is 5.68. The SMILES string of the molecule is C=CNC(=NCC(NC(=O)OCc1ccccc1)C(=O)OC(C)C)/C(CC)=C(\C)N1CCC(c2ccc3c(n2)NCCC3)CC1. The highest BCUT2D eigenvalue weighted by atomic mass is 16.6. The van der Waals surface area contributed by atoms with Crippen LogP contribution in [0.2, 0.25) is 0 Å². The van der Waals surface area contributed by atoms with Crippen molar-refractivity contribution < 1.29 is 19.1 Å². The number of hydrogen-bond acceptors (Lipinski definition) is 8. The number of pyridine rings is 1. The molecule has 1 unspecified atom stereocenters. The van der Waals surface area contributed by atoms with Crippen LogP contribution in [0.4, 0.5) is 10.6 Å². The first-order valence-corrected chi connectivity index (χ1v) is 16.1. The Morgan fingerprint density at radius 3 is 2.62 bits per heavy atom. The number of likely N-dealkylation sites (tertiary alicyclic amines) is 1.